The number of ether oxygens (including phenoxy) is 3. The number of phenols is 1. The molecule has 0 saturated carbocycles. The molecule has 0 spiro atoms. The fourth-order valence-electron chi connectivity index (χ4n) is 8.82. The van der Waals surface area contributed by atoms with E-state index in [1.165, 1.54) is 0 Å². The zero-order valence-corrected chi connectivity index (χ0v) is 34.6. The summed E-state index contributed by atoms with van der Waals surface area (Å²) in [5.41, 5.74) is 12.7. The number of nitrogens with zero attached hydrogens (tertiary/aromatic N) is 7. The fraction of sp³-hybridized carbons (Fsp3) is 0.400. The van der Waals surface area contributed by atoms with Gasteiger partial charge >= 0.3 is 6.03 Å². The highest BCUT2D eigenvalue weighted by molar-refractivity contribution is 6.06. The number of imide groups is 1. The number of piperazine rings is 1. The number of nitrogen functional groups attached to an aromatic ring is 1. The van der Waals surface area contributed by atoms with E-state index < -0.39 is 6.03 Å². The molecule has 0 unspecified atom stereocenters. The van der Waals surface area contributed by atoms with E-state index in [-0.39, 0.29) is 54.6 Å². The van der Waals surface area contributed by atoms with Crippen LogP contribution in [0.4, 0.5) is 22.0 Å². The Morgan fingerprint density at radius 2 is 1.69 bits per heavy atom. The van der Waals surface area contributed by atoms with E-state index in [1.54, 1.807) is 23.1 Å². The lowest BCUT2D eigenvalue weighted by atomic mass is 10.0. The quantitative estimate of drug-likeness (QED) is 0.194. The predicted octanol–water partition coefficient (Wildman–Crippen LogP) is 4.87. The monoisotopic (exact) mass is 829 g/mol. The van der Waals surface area contributed by atoms with Gasteiger partial charge in [0.15, 0.2) is 12.1 Å². The van der Waals surface area contributed by atoms with Crippen LogP contribution >= 0.6 is 0 Å². The zero-order chi connectivity index (χ0) is 42.4. The Hall–Kier alpha value is -6.07. The molecule has 2 aromatic heterocycles. The molecule has 0 bridgehead atoms. The van der Waals surface area contributed by atoms with E-state index in [0.717, 1.165) is 33.4 Å². The van der Waals surface area contributed by atoms with Gasteiger partial charge in [0.25, 0.3) is 5.91 Å². The SMILES string of the molecule is Cc1cn(C2COC(CN3CCN(C(=O)c4ccc([C@@H]5CN(c6cc(-c7ccccc7O)nnc6N)[C@H](C)[C@H](C)O5)cc4)CC3)OC2)c2ccc(N3CCC(=O)NC3=O)cc12. The number of nitrogens with two attached hydrogens (primary N) is 1. The summed E-state index contributed by atoms with van der Waals surface area (Å²) in [6, 6.07) is 22.1. The number of aromatic nitrogens is 3. The number of nitrogens with one attached hydrogen (secondary N) is 1. The molecule has 318 valence electrons. The van der Waals surface area contributed by atoms with Crippen molar-refractivity contribution in [2.45, 2.75) is 57.8 Å². The van der Waals surface area contributed by atoms with Crippen LogP contribution in [0.3, 0.4) is 0 Å². The molecule has 3 atom stereocenters. The minimum absolute atomic E-state index is 0.00428. The number of aromatic hydroxyl groups is 1. The molecule has 4 amide bonds. The molecule has 5 aromatic rings. The Morgan fingerprint density at radius 3 is 2.43 bits per heavy atom. The second-order valence-electron chi connectivity index (χ2n) is 16.4. The molecular weight excluding hydrogens is 779 g/mol. The summed E-state index contributed by atoms with van der Waals surface area (Å²) < 4.78 is 21.1. The van der Waals surface area contributed by atoms with Gasteiger partial charge in [-0.15, -0.1) is 10.2 Å². The van der Waals surface area contributed by atoms with Crippen molar-refractivity contribution in [3.63, 3.8) is 0 Å². The summed E-state index contributed by atoms with van der Waals surface area (Å²) >= 11 is 0. The van der Waals surface area contributed by atoms with Crippen molar-refractivity contribution >= 4 is 45.9 Å². The van der Waals surface area contributed by atoms with Crippen LogP contribution in [-0.2, 0) is 19.0 Å². The number of urea groups is 1. The fourth-order valence-corrected chi connectivity index (χ4v) is 8.82. The number of rotatable bonds is 8. The average molecular weight is 830 g/mol. The zero-order valence-electron chi connectivity index (χ0n) is 34.6. The van der Waals surface area contributed by atoms with Gasteiger partial charge in [-0.25, -0.2) is 4.79 Å². The van der Waals surface area contributed by atoms with Crippen LogP contribution in [0, 0.1) is 6.92 Å². The Kier molecular flexibility index (Phi) is 11.1. The summed E-state index contributed by atoms with van der Waals surface area (Å²) in [4.78, 5) is 45.7. The first-order valence-electron chi connectivity index (χ1n) is 20.9. The Labute approximate surface area is 353 Å². The Morgan fingerprint density at radius 1 is 0.934 bits per heavy atom. The van der Waals surface area contributed by atoms with Crippen LogP contribution in [0.2, 0.25) is 0 Å². The lowest BCUT2D eigenvalue weighted by molar-refractivity contribution is -0.203. The summed E-state index contributed by atoms with van der Waals surface area (Å²) in [5, 5.41) is 22.4. The van der Waals surface area contributed by atoms with Crippen molar-refractivity contribution < 1.29 is 33.7 Å². The van der Waals surface area contributed by atoms with Crippen molar-refractivity contribution in [2.75, 3.05) is 74.6 Å². The smallest absolute Gasteiger partial charge is 0.328 e. The number of hydrogen-bond donors (Lipinski definition) is 3. The minimum Gasteiger partial charge on any atom is -0.507 e. The highest BCUT2D eigenvalue weighted by Crippen LogP contribution is 2.37. The van der Waals surface area contributed by atoms with Crippen molar-refractivity contribution in [1.29, 1.82) is 0 Å². The number of para-hydroxylation sites is 1. The number of carbonyl (C=O) groups excluding carboxylic acids is 3. The van der Waals surface area contributed by atoms with Crippen LogP contribution in [0.25, 0.3) is 22.2 Å². The normalized spacial score (nSPS) is 24.0. The van der Waals surface area contributed by atoms with Gasteiger partial charge in [-0.1, -0.05) is 24.3 Å². The van der Waals surface area contributed by atoms with Crippen molar-refractivity contribution in [2.24, 2.45) is 0 Å². The van der Waals surface area contributed by atoms with Crippen molar-refractivity contribution in [3.8, 4) is 17.0 Å². The molecule has 16 nitrogen and oxygen atoms in total. The topological polar surface area (TPSA) is 181 Å². The first-order chi connectivity index (χ1) is 29.5. The van der Waals surface area contributed by atoms with Gasteiger partial charge in [0.1, 0.15) is 11.9 Å². The first kappa shape index (κ1) is 40.3. The van der Waals surface area contributed by atoms with E-state index >= 15 is 0 Å². The number of anilines is 3. The van der Waals surface area contributed by atoms with Gasteiger partial charge in [-0.3, -0.25) is 24.7 Å². The van der Waals surface area contributed by atoms with Gasteiger partial charge < -0.3 is 39.4 Å². The van der Waals surface area contributed by atoms with Gasteiger partial charge in [-0.2, -0.15) is 0 Å². The lowest BCUT2D eigenvalue weighted by Crippen LogP contribution is -2.51. The van der Waals surface area contributed by atoms with Gasteiger partial charge in [-0.05, 0) is 80.4 Å². The molecule has 3 aromatic carbocycles. The summed E-state index contributed by atoms with van der Waals surface area (Å²) in [5.74, 6) is 0.160. The third-order valence-electron chi connectivity index (χ3n) is 12.5. The molecule has 6 heterocycles. The van der Waals surface area contributed by atoms with E-state index in [9.17, 15) is 19.5 Å². The highest BCUT2D eigenvalue weighted by Gasteiger charge is 2.35. The van der Waals surface area contributed by atoms with Crippen LogP contribution in [-0.4, -0.2) is 125 Å². The third kappa shape index (κ3) is 8.11. The second kappa shape index (κ2) is 16.8. The molecule has 0 aliphatic carbocycles. The lowest BCUT2D eigenvalue weighted by Gasteiger charge is -2.43. The Bertz CT molecular complexity index is 2440. The second-order valence-corrected chi connectivity index (χ2v) is 16.4. The minimum atomic E-state index is -0.398. The molecular formula is C45H51N9O7. The van der Waals surface area contributed by atoms with E-state index in [4.69, 9.17) is 19.9 Å². The van der Waals surface area contributed by atoms with Crippen molar-refractivity contribution in [3.05, 3.63) is 95.7 Å². The molecule has 4 aliphatic heterocycles. The Balaban J connectivity index is 0.770. The van der Waals surface area contributed by atoms with Gasteiger partial charge in [0, 0.05) is 86.1 Å². The molecule has 0 radical (unpaired) electrons. The molecule has 4 saturated heterocycles. The standard InChI is InChI=1S/C45H51N9O7/c1-27-22-54(37-13-12-32(20-35(27)37)52-15-14-41(56)47-45(52)58)33-25-59-42(60-26-33)24-50-16-18-51(19-17-50)44(57)31-10-8-30(9-11-31)40-23-53(28(2)29(3)61-40)38-21-36(48-49-43(38)46)34-6-4-5-7-39(34)55/h4-13,20-22,28-29,33,40,42,55H,14-19,23-26H2,1-3H3,(H2,46,49)(H,47,56,58)/t28-,29+,33?,40+,42?/m1/s1. The highest BCUT2D eigenvalue weighted by atomic mass is 16.7. The summed E-state index contributed by atoms with van der Waals surface area (Å²) in [6.07, 6.45) is 1.61. The van der Waals surface area contributed by atoms with E-state index in [1.807, 2.05) is 73.3 Å². The number of carbonyl (C=O) groups is 3. The third-order valence-corrected chi connectivity index (χ3v) is 12.5. The van der Waals surface area contributed by atoms with Gasteiger partial charge in [0.05, 0.1) is 42.8 Å². The van der Waals surface area contributed by atoms with Crippen LogP contribution in [0.5, 0.6) is 5.75 Å². The summed E-state index contributed by atoms with van der Waals surface area (Å²) in [6.45, 7) is 11.3. The number of hydrogen-bond acceptors (Lipinski definition) is 12. The van der Waals surface area contributed by atoms with Crippen molar-refractivity contribution in [1.82, 2.24) is 29.9 Å². The number of benzene rings is 3. The van der Waals surface area contributed by atoms with Gasteiger partial charge in [0.2, 0.25) is 5.91 Å². The number of aryl methyl sites for hydroxylation is 1. The number of amides is 4. The van der Waals surface area contributed by atoms with E-state index in [2.05, 4.69) is 43.0 Å². The van der Waals surface area contributed by atoms with Crippen LogP contribution < -0.4 is 20.9 Å². The number of morpholine rings is 1. The molecule has 9 rings (SSSR count). The van der Waals surface area contributed by atoms with E-state index in [0.29, 0.717) is 81.7 Å². The maximum atomic E-state index is 13.7. The summed E-state index contributed by atoms with van der Waals surface area (Å²) in [7, 11) is 0. The average Bonchev–Trinajstić information content (AvgIpc) is 3.60. The maximum Gasteiger partial charge on any atom is 0.328 e. The molecule has 16 heteroatoms. The number of phenolic OH excluding ortho intramolecular Hbond substituents is 1. The molecule has 4 aliphatic rings. The first-order valence-corrected chi connectivity index (χ1v) is 20.9. The largest absolute Gasteiger partial charge is 0.507 e. The molecule has 61 heavy (non-hydrogen) atoms. The van der Waals surface area contributed by atoms with Crippen LogP contribution in [0.1, 0.15) is 53.9 Å². The predicted molar refractivity (Wildman–Crippen MR) is 229 cm³/mol. The molecule has 4 fully saturated rings. The molecule has 4 N–H and O–H groups in total. The number of fused-ring (bicyclic) bond motifs is 1. The maximum absolute atomic E-state index is 13.7. The van der Waals surface area contributed by atoms with Crippen LogP contribution in [0.15, 0.2) is 79.0 Å².